The molecule has 152 valence electrons. The summed E-state index contributed by atoms with van der Waals surface area (Å²) in [6, 6.07) is 15.0. The van der Waals surface area contributed by atoms with E-state index >= 15 is 0 Å². The van der Waals surface area contributed by atoms with Crippen LogP contribution in [-0.2, 0) is 15.1 Å². The van der Waals surface area contributed by atoms with E-state index in [0.717, 1.165) is 0 Å². The van der Waals surface area contributed by atoms with Crippen LogP contribution in [0.15, 0.2) is 61.2 Å². The molecule has 30 heavy (non-hydrogen) atoms. The average molecular weight is 404 g/mol. The van der Waals surface area contributed by atoms with Crippen molar-refractivity contribution in [3.63, 3.8) is 0 Å². The van der Waals surface area contributed by atoms with Crippen molar-refractivity contribution >= 4 is 29.4 Å². The summed E-state index contributed by atoms with van der Waals surface area (Å²) in [7, 11) is 0. The number of urea groups is 1. The van der Waals surface area contributed by atoms with Gasteiger partial charge in [-0.3, -0.25) is 24.7 Å². The molecule has 0 aromatic heterocycles. The number of amides is 5. The maximum absolute atomic E-state index is 13.1. The molecule has 2 heterocycles. The first kappa shape index (κ1) is 19.4. The third kappa shape index (κ3) is 2.85. The van der Waals surface area contributed by atoms with Gasteiger partial charge in [0.1, 0.15) is 12.1 Å². The molecule has 4 rings (SSSR count). The van der Waals surface area contributed by atoms with Crippen LogP contribution in [0.25, 0.3) is 5.70 Å². The lowest BCUT2D eigenvalue weighted by Crippen LogP contribution is -2.51. The minimum atomic E-state index is -1.26. The quantitative estimate of drug-likeness (QED) is 0.745. The Bertz CT molecular complexity index is 1050. The number of imide groups is 1. The van der Waals surface area contributed by atoms with Crippen LogP contribution in [-0.4, -0.2) is 40.2 Å². The zero-order valence-corrected chi connectivity index (χ0v) is 16.3. The molecule has 5 amide bonds. The predicted molar refractivity (Wildman–Crippen MR) is 108 cm³/mol. The monoisotopic (exact) mass is 404 g/mol. The van der Waals surface area contributed by atoms with Crippen molar-refractivity contribution in [3.05, 3.63) is 77.9 Å². The molecule has 0 bridgehead atoms. The van der Waals surface area contributed by atoms with Gasteiger partial charge in [0.25, 0.3) is 17.7 Å². The number of nitrogens with zero attached hydrogens (tertiary/aromatic N) is 2. The Morgan fingerprint density at radius 2 is 1.67 bits per heavy atom. The summed E-state index contributed by atoms with van der Waals surface area (Å²) in [5.74, 6) is -1.61. The van der Waals surface area contributed by atoms with E-state index in [4.69, 9.17) is 0 Å². The molecule has 1 saturated heterocycles. The molecule has 2 aromatic carbocycles. The lowest BCUT2D eigenvalue weighted by molar-refractivity contribution is -0.139. The summed E-state index contributed by atoms with van der Waals surface area (Å²) < 4.78 is 0. The van der Waals surface area contributed by atoms with Gasteiger partial charge in [0.15, 0.2) is 0 Å². The summed E-state index contributed by atoms with van der Waals surface area (Å²) in [6.07, 6.45) is 0.310. The normalized spacial score (nSPS) is 20.4. The van der Waals surface area contributed by atoms with Gasteiger partial charge >= 0.3 is 6.03 Å². The smallest absolute Gasteiger partial charge is 0.318 e. The molecule has 2 aliphatic heterocycles. The summed E-state index contributed by atoms with van der Waals surface area (Å²) >= 11 is 0. The van der Waals surface area contributed by atoms with Crippen LogP contribution in [0.5, 0.6) is 0 Å². The van der Waals surface area contributed by atoms with Crippen molar-refractivity contribution in [1.82, 2.24) is 20.7 Å². The molecule has 1 fully saturated rings. The van der Waals surface area contributed by atoms with Crippen LogP contribution >= 0.6 is 0 Å². The van der Waals surface area contributed by atoms with Crippen LogP contribution in [0.2, 0.25) is 0 Å². The number of fused-ring (bicyclic) bond motifs is 1. The summed E-state index contributed by atoms with van der Waals surface area (Å²) in [4.78, 5) is 52.0. The molecule has 1 unspecified atom stereocenters. The topological polar surface area (TPSA) is 98.8 Å². The van der Waals surface area contributed by atoms with Crippen molar-refractivity contribution in [2.45, 2.75) is 18.9 Å². The van der Waals surface area contributed by atoms with Gasteiger partial charge in [-0.15, -0.1) is 0 Å². The van der Waals surface area contributed by atoms with Crippen LogP contribution in [0, 0.1) is 0 Å². The first-order chi connectivity index (χ1) is 14.4. The molecule has 0 radical (unpaired) electrons. The molecule has 1 atom stereocenters. The van der Waals surface area contributed by atoms with Gasteiger partial charge in [-0.1, -0.05) is 62.0 Å². The number of carbonyl (C=O) groups is 4. The first-order valence-corrected chi connectivity index (χ1v) is 9.51. The number of carbonyl (C=O) groups excluding carboxylic acids is 4. The van der Waals surface area contributed by atoms with Gasteiger partial charge in [-0.2, -0.15) is 5.01 Å². The van der Waals surface area contributed by atoms with E-state index in [1.807, 2.05) is 6.07 Å². The van der Waals surface area contributed by atoms with E-state index < -0.39 is 23.4 Å². The van der Waals surface area contributed by atoms with E-state index in [1.165, 1.54) is 4.90 Å². The molecule has 2 aliphatic rings. The number of benzene rings is 2. The molecule has 2 N–H and O–H groups in total. The lowest BCUT2D eigenvalue weighted by Gasteiger charge is -2.25. The fourth-order valence-corrected chi connectivity index (χ4v) is 3.84. The van der Waals surface area contributed by atoms with Crippen LogP contribution in [0.1, 0.15) is 34.8 Å². The van der Waals surface area contributed by atoms with Crippen LogP contribution in [0.3, 0.4) is 0 Å². The third-order valence-corrected chi connectivity index (χ3v) is 5.47. The molecule has 2 aromatic rings. The van der Waals surface area contributed by atoms with Crippen LogP contribution in [0.4, 0.5) is 4.79 Å². The summed E-state index contributed by atoms with van der Waals surface area (Å²) in [6.45, 7) is 5.29. The fourth-order valence-electron chi connectivity index (χ4n) is 3.84. The highest BCUT2D eigenvalue weighted by molar-refractivity contribution is 6.11. The van der Waals surface area contributed by atoms with Gasteiger partial charge in [0.2, 0.25) is 0 Å². The average Bonchev–Trinajstić information content (AvgIpc) is 3.15. The summed E-state index contributed by atoms with van der Waals surface area (Å²) in [5.41, 5.74) is 3.21. The van der Waals surface area contributed by atoms with Gasteiger partial charge in [0, 0.05) is 16.8 Å². The number of hydrogen-bond acceptors (Lipinski definition) is 4. The van der Waals surface area contributed by atoms with Crippen molar-refractivity contribution < 1.29 is 19.2 Å². The standard InChI is InChI=1S/C22H20N4O4/c1-3-22(15-9-5-4-6-10-15)20(29)26(21(30)23-22)24-18(27)13-25-14(2)16-11-7-8-12-17(16)19(25)28/h4-12H,2-3,13H2,1H3,(H,23,30)(H,24,27). The highest BCUT2D eigenvalue weighted by Crippen LogP contribution is 2.32. The Morgan fingerprint density at radius 3 is 2.30 bits per heavy atom. The molecular weight excluding hydrogens is 384 g/mol. The zero-order chi connectivity index (χ0) is 21.5. The van der Waals surface area contributed by atoms with E-state index in [9.17, 15) is 19.2 Å². The maximum Gasteiger partial charge on any atom is 0.344 e. The second-order valence-electron chi connectivity index (χ2n) is 7.11. The SMILES string of the molecule is C=C1c2ccccc2C(=O)N1CC(=O)NN1C(=O)NC(CC)(c2ccccc2)C1=O. The fraction of sp³-hybridized carbons (Fsp3) is 0.182. The first-order valence-electron chi connectivity index (χ1n) is 9.51. The van der Waals surface area contributed by atoms with Gasteiger partial charge in [0.05, 0.1) is 0 Å². The Hall–Kier alpha value is -3.94. The minimum absolute atomic E-state index is 0.310. The zero-order valence-electron chi connectivity index (χ0n) is 16.3. The second kappa shape index (κ2) is 7.14. The molecule has 0 aliphatic carbocycles. The minimum Gasteiger partial charge on any atom is -0.318 e. The number of nitrogens with one attached hydrogen (secondary N) is 2. The number of rotatable bonds is 5. The van der Waals surface area contributed by atoms with Gasteiger partial charge in [-0.05, 0) is 18.1 Å². The molecular formula is C22H20N4O4. The largest absolute Gasteiger partial charge is 0.344 e. The Labute approximate surface area is 173 Å². The van der Waals surface area contributed by atoms with Crippen molar-refractivity contribution in [3.8, 4) is 0 Å². The Balaban J connectivity index is 1.50. The molecule has 0 spiro atoms. The van der Waals surface area contributed by atoms with Gasteiger partial charge in [-0.25, -0.2) is 4.79 Å². The van der Waals surface area contributed by atoms with Crippen LogP contribution < -0.4 is 10.7 Å². The highest BCUT2D eigenvalue weighted by Gasteiger charge is 2.52. The highest BCUT2D eigenvalue weighted by atomic mass is 16.2. The molecule has 8 nitrogen and oxygen atoms in total. The van der Waals surface area contributed by atoms with Gasteiger partial charge < -0.3 is 5.32 Å². The third-order valence-electron chi connectivity index (χ3n) is 5.47. The van der Waals surface area contributed by atoms with E-state index in [2.05, 4.69) is 17.3 Å². The Kier molecular flexibility index (Phi) is 4.62. The maximum atomic E-state index is 13.1. The van der Waals surface area contributed by atoms with E-state index in [0.29, 0.717) is 33.8 Å². The number of hydrazine groups is 1. The van der Waals surface area contributed by atoms with E-state index in [1.54, 1.807) is 55.5 Å². The second-order valence-corrected chi connectivity index (χ2v) is 7.11. The lowest BCUT2D eigenvalue weighted by atomic mass is 9.87. The van der Waals surface area contributed by atoms with Crippen molar-refractivity contribution in [2.24, 2.45) is 0 Å². The van der Waals surface area contributed by atoms with Crippen molar-refractivity contribution in [1.29, 1.82) is 0 Å². The summed E-state index contributed by atoms with van der Waals surface area (Å²) in [5, 5.41) is 3.36. The van der Waals surface area contributed by atoms with Crippen molar-refractivity contribution in [2.75, 3.05) is 6.54 Å². The Morgan fingerprint density at radius 1 is 1.03 bits per heavy atom. The molecule has 0 saturated carbocycles. The number of hydrogen-bond donors (Lipinski definition) is 2. The predicted octanol–water partition coefficient (Wildman–Crippen LogP) is 2.00. The van der Waals surface area contributed by atoms with E-state index in [-0.39, 0.29) is 12.5 Å². The molecule has 8 heteroatoms.